The molecule has 0 aliphatic rings. The molecule has 0 amide bonds. The number of aryl methyl sites for hydroxylation is 2. The Morgan fingerprint density at radius 3 is 2.83 bits per heavy atom. The molecule has 0 aliphatic heterocycles. The van der Waals surface area contributed by atoms with Crippen LogP contribution in [0, 0.1) is 6.92 Å². The van der Waals surface area contributed by atoms with E-state index in [1.165, 1.54) is 4.88 Å². The number of nitrogens with zero attached hydrogens (tertiary/aromatic N) is 2. The number of allylic oxidation sites excluding steroid dienone is 1. The first kappa shape index (κ1) is 12.8. The van der Waals surface area contributed by atoms with Crippen molar-refractivity contribution in [3.8, 4) is 0 Å². The van der Waals surface area contributed by atoms with E-state index >= 15 is 0 Å². The highest BCUT2D eigenvalue weighted by molar-refractivity contribution is 7.14. The Kier molecular flexibility index (Phi) is 3.77. The Morgan fingerprint density at radius 2 is 2.28 bits per heavy atom. The van der Waals surface area contributed by atoms with Crippen LogP contribution in [0.5, 0.6) is 0 Å². The molecule has 18 heavy (non-hydrogen) atoms. The molecule has 0 saturated heterocycles. The van der Waals surface area contributed by atoms with E-state index in [1.54, 1.807) is 28.3 Å². The van der Waals surface area contributed by atoms with E-state index in [1.807, 2.05) is 32.2 Å². The summed E-state index contributed by atoms with van der Waals surface area (Å²) in [5, 5.41) is 4.14. The van der Waals surface area contributed by atoms with Crippen molar-refractivity contribution in [2.45, 2.75) is 20.3 Å². The number of rotatable bonds is 4. The number of aromatic nitrogens is 2. The zero-order chi connectivity index (χ0) is 13.1. The van der Waals surface area contributed by atoms with Crippen molar-refractivity contribution in [3.05, 3.63) is 45.4 Å². The number of carbonyl (C=O) groups is 1. The van der Waals surface area contributed by atoms with E-state index in [2.05, 4.69) is 12.0 Å². The van der Waals surface area contributed by atoms with Crippen LogP contribution in [0.1, 0.15) is 32.7 Å². The molecule has 0 saturated carbocycles. The summed E-state index contributed by atoms with van der Waals surface area (Å²) >= 11 is 1.56. The van der Waals surface area contributed by atoms with Gasteiger partial charge in [0.25, 0.3) is 0 Å². The van der Waals surface area contributed by atoms with Gasteiger partial charge in [0, 0.05) is 23.2 Å². The summed E-state index contributed by atoms with van der Waals surface area (Å²) in [6, 6.07) is 3.91. The third kappa shape index (κ3) is 2.59. The maximum Gasteiger partial charge on any atom is 0.195 e. The molecule has 2 rings (SSSR count). The van der Waals surface area contributed by atoms with Gasteiger partial charge in [-0.3, -0.25) is 9.48 Å². The molecule has 0 N–H and O–H groups in total. The quantitative estimate of drug-likeness (QED) is 0.625. The fraction of sp³-hybridized carbons (Fsp3) is 0.286. The van der Waals surface area contributed by atoms with Crippen LogP contribution in [0.15, 0.2) is 24.4 Å². The van der Waals surface area contributed by atoms with Crippen LogP contribution in [-0.2, 0) is 13.5 Å². The number of hydrogen-bond acceptors (Lipinski definition) is 3. The lowest BCUT2D eigenvalue weighted by atomic mass is 10.2. The second-order valence-electron chi connectivity index (χ2n) is 4.13. The van der Waals surface area contributed by atoms with Gasteiger partial charge in [-0.25, -0.2) is 0 Å². The first-order valence-electron chi connectivity index (χ1n) is 5.91. The van der Waals surface area contributed by atoms with Gasteiger partial charge in [-0.15, -0.1) is 11.3 Å². The van der Waals surface area contributed by atoms with Crippen LogP contribution in [0.4, 0.5) is 0 Å². The van der Waals surface area contributed by atoms with Crippen LogP contribution in [0.25, 0.3) is 6.08 Å². The average Bonchev–Trinajstić information content (AvgIpc) is 2.96. The maximum atomic E-state index is 12.0. The summed E-state index contributed by atoms with van der Waals surface area (Å²) in [6.45, 7) is 4.08. The van der Waals surface area contributed by atoms with Gasteiger partial charge in [-0.2, -0.15) is 5.10 Å². The average molecular weight is 260 g/mol. The molecule has 0 fully saturated rings. The Balaban J connectivity index is 2.14. The third-order valence-corrected chi connectivity index (χ3v) is 4.18. The normalized spacial score (nSPS) is 11.3. The first-order valence-corrected chi connectivity index (χ1v) is 6.73. The molecule has 0 unspecified atom stereocenters. The highest BCUT2D eigenvalue weighted by Crippen LogP contribution is 2.18. The highest BCUT2D eigenvalue weighted by atomic mass is 32.1. The molecule has 0 aliphatic carbocycles. The monoisotopic (exact) mass is 260 g/mol. The van der Waals surface area contributed by atoms with Gasteiger partial charge in [0.1, 0.15) is 0 Å². The molecule has 94 valence electrons. The Morgan fingerprint density at radius 1 is 1.50 bits per heavy atom. The zero-order valence-corrected chi connectivity index (χ0v) is 11.6. The van der Waals surface area contributed by atoms with Crippen molar-refractivity contribution in [2.75, 3.05) is 0 Å². The number of ketones is 1. The molecule has 2 aromatic rings. The Bertz CT molecular complexity index is 593. The molecule has 0 radical (unpaired) electrons. The summed E-state index contributed by atoms with van der Waals surface area (Å²) in [5.74, 6) is 0.0583. The summed E-state index contributed by atoms with van der Waals surface area (Å²) in [7, 11) is 1.89. The number of hydrogen-bond donors (Lipinski definition) is 0. The standard InChI is InChI=1S/C14H16N2OS/c1-4-12-6-8-14(18-12)13(17)7-5-11-9-15-16(3)10(11)2/h5-9H,4H2,1-3H3/b7-5+. The fourth-order valence-corrected chi connectivity index (χ4v) is 2.49. The van der Waals surface area contributed by atoms with Gasteiger partial charge >= 0.3 is 0 Å². The minimum Gasteiger partial charge on any atom is -0.288 e. The Labute approximate surface area is 111 Å². The second-order valence-corrected chi connectivity index (χ2v) is 5.29. The first-order chi connectivity index (χ1) is 8.61. The van der Waals surface area contributed by atoms with Gasteiger partial charge in [-0.1, -0.05) is 6.92 Å². The van der Waals surface area contributed by atoms with Crippen molar-refractivity contribution in [1.82, 2.24) is 9.78 Å². The molecular formula is C14H16N2OS. The largest absolute Gasteiger partial charge is 0.288 e. The fourth-order valence-electron chi connectivity index (χ4n) is 1.63. The van der Waals surface area contributed by atoms with Gasteiger partial charge in [-0.05, 0) is 37.6 Å². The smallest absolute Gasteiger partial charge is 0.195 e. The molecule has 0 spiro atoms. The van der Waals surface area contributed by atoms with Crippen LogP contribution in [0.3, 0.4) is 0 Å². The van der Waals surface area contributed by atoms with E-state index in [-0.39, 0.29) is 5.78 Å². The lowest BCUT2D eigenvalue weighted by molar-refractivity contribution is 0.105. The lowest BCUT2D eigenvalue weighted by Gasteiger charge is -1.93. The topological polar surface area (TPSA) is 34.9 Å². The third-order valence-electron chi connectivity index (χ3n) is 2.94. The molecule has 0 atom stereocenters. The molecule has 2 heterocycles. The zero-order valence-electron chi connectivity index (χ0n) is 10.8. The van der Waals surface area contributed by atoms with E-state index in [0.717, 1.165) is 22.6 Å². The van der Waals surface area contributed by atoms with Crippen LogP contribution in [-0.4, -0.2) is 15.6 Å². The second kappa shape index (κ2) is 5.31. The van der Waals surface area contributed by atoms with E-state index < -0.39 is 0 Å². The summed E-state index contributed by atoms with van der Waals surface area (Å²) in [6.07, 6.45) is 6.19. The van der Waals surface area contributed by atoms with Crippen LogP contribution < -0.4 is 0 Å². The van der Waals surface area contributed by atoms with Crippen molar-refractivity contribution >= 4 is 23.2 Å². The number of thiophene rings is 1. The van der Waals surface area contributed by atoms with Gasteiger partial charge < -0.3 is 0 Å². The highest BCUT2D eigenvalue weighted by Gasteiger charge is 2.06. The molecule has 0 aromatic carbocycles. The number of carbonyl (C=O) groups excluding carboxylic acids is 1. The van der Waals surface area contributed by atoms with Gasteiger partial charge in [0.2, 0.25) is 0 Å². The van der Waals surface area contributed by atoms with Crippen LogP contribution >= 0.6 is 11.3 Å². The lowest BCUT2D eigenvalue weighted by Crippen LogP contribution is -1.92. The van der Waals surface area contributed by atoms with E-state index in [4.69, 9.17) is 0 Å². The minimum absolute atomic E-state index is 0.0583. The van der Waals surface area contributed by atoms with Gasteiger partial charge in [0.15, 0.2) is 5.78 Å². The summed E-state index contributed by atoms with van der Waals surface area (Å²) < 4.78 is 1.80. The van der Waals surface area contributed by atoms with Gasteiger partial charge in [0.05, 0.1) is 11.1 Å². The minimum atomic E-state index is 0.0583. The summed E-state index contributed by atoms with van der Waals surface area (Å²) in [5.41, 5.74) is 2.04. The predicted molar refractivity (Wildman–Crippen MR) is 75.0 cm³/mol. The SMILES string of the molecule is CCc1ccc(C(=O)/C=C/c2cnn(C)c2C)s1. The van der Waals surface area contributed by atoms with Crippen molar-refractivity contribution in [3.63, 3.8) is 0 Å². The van der Waals surface area contributed by atoms with E-state index in [9.17, 15) is 4.79 Å². The Hall–Kier alpha value is -1.68. The molecule has 0 bridgehead atoms. The van der Waals surface area contributed by atoms with E-state index in [0.29, 0.717) is 0 Å². The molecular weight excluding hydrogens is 244 g/mol. The summed E-state index contributed by atoms with van der Waals surface area (Å²) in [4.78, 5) is 14.0. The molecule has 3 nitrogen and oxygen atoms in total. The molecule has 2 aromatic heterocycles. The van der Waals surface area contributed by atoms with Crippen LogP contribution in [0.2, 0.25) is 0 Å². The van der Waals surface area contributed by atoms with Crippen molar-refractivity contribution < 1.29 is 4.79 Å². The molecule has 4 heteroatoms. The maximum absolute atomic E-state index is 12.0. The van der Waals surface area contributed by atoms with Crippen molar-refractivity contribution in [1.29, 1.82) is 0 Å². The van der Waals surface area contributed by atoms with Crippen molar-refractivity contribution in [2.24, 2.45) is 7.05 Å². The predicted octanol–water partition coefficient (Wildman–Crippen LogP) is 3.25.